The van der Waals surface area contributed by atoms with Crippen molar-refractivity contribution in [3.8, 4) is 0 Å². The van der Waals surface area contributed by atoms with Crippen LogP contribution in [-0.4, -0.2) is 23.2 Å². The molecule has 1 aromatic heterocycles. The highest BCUT2D eigenvalue weighted by Crippen LogP contribution is 2.29. The molecule has 12 heavy (non-hydrogen) atoms. The summed E-state index contributed by atoms with van der Waals surface area (Å²) in [4.78, 5) is 7.76. The maximum absolute atomic E-state index is 5.18. The first-order valence-electron chi connectivity index (χ1n) is 4.23. The van der Waals surface area contributed by atoms with E-state index in [0.29, 0.717) is 0 Å². The van der Waals surface area contributed by atoms with Gasteiger partial charge < -0.3 is 9.72 Å². The number of rotatable bonds is 1. The van der Waals surface area contributed by atoms with E-state index in [2.05, 4.69) is 23.8 Å². The van der Waals surface area contributed by atoms with Crippen molar-refractivity contribution in [2.75, 3.05) is 13.2 Å². The van der Waals surface area contributed by atoms with Crippen LogP contribution in [0.2, 0.25) is 0 Å². The minimum absolute atomic E-state index is 0.138. The maximum atomic E-state index is 5.18. The molecular formula is C9H14N2O. The molecule has 3 nitrogen and oxygen atoms in total. The third-order valence-corrected chi connectivity index (χ3v) is 2.54. The third-order valence-electron chi connectivity index (χ3n) is 2.54. The summed E-state index contributed by atoms with van der Waals surface area (Å²) in [5, 5.41) is 0. The van der Waals surface area contributed by atoms with Crippen LogP contribution in [0.4, 0.5) is 0 Å². The molecule has 0 radical (unpaired) electrons. The molecule has 1 aromatic rings. The topological polar surface area (TPSA) is 37.9 Å². The van der Waals surface area contributed by atoms with Gasteiger partial charge in [0.15, 0.2) is 0 Å². The van der Waals surface area contributed by atoms with E-state index in [4.69, 9.17) is 4.74 Å². The Morgan fingerprint density at radius 2 is 2.08 bits per heavy atom. The molecule has 0 aliphatic carbocycles. The van der Waals surface area contributed by atoms with E-state index in [1.54, 1.807) is 0 Å². The van der Waals surface area contributed by atoms with Crippen LogP contribution in [0.3, 0.4) is 0 Å². The van der Waals surface area contributed by atoms with Gasteiger partial charge in [0.2, 0.25) is 0 Å². The molecule has 1 aliphatic rings. The lowest BCUT2D eigenvalue weighted by Gasteiger charge is -2.36. The minimum Gasteiger partial charge on any atom is -0.379 e. The van der Waals surface area contributed by atoms with Gasteiger partial charge >= 0.3 is 0 Å². The lowest BCUT2D eigenvalue weighted by atomic mass is 9.88. The molecule has 0 aromatic carbocycles. The van der Waals surface area contributed by atoms with E-state index in [9.17, 15) is 0 Å². The normalized spacial score (nSPS) is 20.6. The second-order valence-corrected chi connectivity index (χ2v) is 3.85. The second kappa shape index (κ2) is 2.33. The number of aromatic amines is 1. The van der Waals surface area contributed by atoms with E-state index in [-0.39, 0.29) is 5.41 Å². The molecule has 2 rings (SSSR count). The van der Waals surface area contributed by atoms with E-state index in [1.807, 2.05) is 6.92 Å². The predicted molar refractivity (Wildman–Crippen MR) is 46.2 cm³/mol. The average molecular weight is 166 g/mol. The zero-order valence-corrected chi connectivity index (χ0v) is 7.77. The van der Waals surface area contributed by atoms with Crippen molar-refractivity contribution in [2.45, 2.75) is 26.2 Å². The summed E-state index contributed by atoms with van der Waals surface area (Å²) in [5.41, 5.74) is 2.40. The molecule has 3 heteroatoms. The number of ether oxygens (including phenoxy) is 1. The second-order valence-electron chi connectivity index (χ2n) is 3.85. The Kier molecular flexibility index (Phi) is 1.51. The lowest BCUT2D eigenvalue weighted by molar-refractivity contribution is -0.0540. The summed E-state index contributed by atoms with van der Waals surface area (Å²) < 4.78 is 5.18. The quantitative estimate of drug-likeness (QED) is 0.683. The summed E-state index contributed by atoms with van der Waals surface area (Å²) >= 11 is 0. The first-order valence-corrected chi connectivity index (χ1v) is 4.23. The highest BCUT2D eigenvalue weighted by molar-refractivity contribution is 5.18. The number of imidazole rings is 1. The van der Waals surface area contributed by atoms with Crippen molar-refractivity contribution >= 4 is 0 Å². The monoisotopic (exact) mass is 166 g/mol. The molecular weight excluding hydrogens is 152 g/mol. The SMILES string of the molecule is Cc1nc(C2(C)COC2)[nH]c1C. The van der Waals surface area contributed by atoms with Crippen molar-refractivity contribution in [3.05, 3.63) is 17.2 Å². The van der Waals surface area contributed by atoms with Crippen LogP contribution in [0, 0.1) is 13.8 Å². The maximum Gasteiger partial charge on any atom is 0.117 e. The summed E-state index contributed by atoms with van der Waals surface area (Å²) in [5.74, 6) is 1.07. The molecule has 0 spiro atoms. The van der Waals surface area contributed by atoms with Gasteiger partial charge in [0, 0.05) is 5.69 Å². The minimum atomic E-state index is 0.138. The zero-order valence-electron chi connectivity index (χ0n) is 7.77. The van der Waals surface area contributed by atoms with Crippen molar-refractivity contribution < 1.29 is 4.74 Å². The molecule has 0 saturated carbocycles. The molecule has 0 unspecified atom stereocenters. The summed E-state index contributed by atoms with van der Waals surface area (Å²) in [6.45, 7) is 7.83. The molecule has 1 N–H and O–H groups in total. The Morgan fingerprint density at radius 1 is 1.42 bits per heavy atom. The Labute approximate surface area is 72.2 Å². The van der Waals surface area contributed by atoms with E-state index >= 15 is 0 Å². The Hall–Kier alpha value is -0.830. The average Bonchev–Trinajstić information content (AvgIpc) is 2.28. The largest absolute Gasteiger partial charge is 0.379 e. The Balaban J connectivity index is 2.34. The molecule has 1 aliphatic heterocycles. The molecule has 2 heterocycles. The summed E-state index contributed by atoms with van der Waals surface area (Å²) in [6.07, 6.45) is 0. The molecule has 1 fully saturated rings. The standard InChI is InChI=1S/C9H14N2O/c1-6-7(2)11-8(10-6)9(3)4-12-5-9/h4-5H2,1-3H3,(H,10,11). The van der Waals surface area contributed by atoms with Crippen LogP contribution < -0.4 is 0 Å². The summed E-state index contributed by atoms with van der Waals surface area (Å²) in [7, 11) is 0. The van der Waals surface area contributed by atoms with Crippen molar-refractivity contribution in [3.63, 3.8) is 0 Å². The number of H-pyrrole nitrogens is 1. The predicted octanol–water partition coefficient (Wildman–Crippen LogP) is 1.31. The first-order chi connectivity index (χ1) is 5.62. The van der Waals surface area contributed by atoms with Crippen molar-refractivity contribution in [1.29, 1.82) is 0 Å². The van der Waals surface area contributed by atoms with Crippen LogP contribution in [0.1, 0.15) is 24.1 Å². The van der Waals surface area contributed by atoms with Crippen molar-refractivity contribution in [2.24, 2.45) is 0 Å². The number of nitrogens with one attached hydrogen (secondary N) is 1. The zero-order chi connectivity index (χ0) is 8.77. The van der Waals surface area contributed by atoms with Crippen LogP contribution in [-0.2, 0) is 10.2 Å². The third kappa shape index (κ3) is 0.966. The van der Waals surface area contributed by atoms with Crippen LogP contribution in [0.15, 0.2) is 0 Å². The number of hydrogen-bond donors (Lipinski definition) is 1. The number of nitrogens with zero attached hydrogens (tertiary/aromatic N) is 1. The van der Waals surface area contributed by atoms with Gasteiger partial charge in [0.25, 0.3) is 0 Å². The fraction of sp³-hybridized carbons (Fsp3) is 0.667. The number of aromatic nitrogens is 2. The number of hydrogen-bond acceptors (Lipinski definition) is 2. The van der Waals surface area contributed by atoms with Gasteiger partial charge in [0.05, 0.1) is 24.3 Å². The summed E-state index contributed by atoms with van der Waals surface area (Å²) in [6, 6.07) is 0. The van der Waals surface area contributed by atoms with Gasteiger partial charge in [0.1, 0.15) is 5.82 Å². The van der Waals surface area contributed by atoms with Gasteiger partial charge in [-0.2, -0.15) is 0 Å². The van der Waals surface area contributed by atoms with Gasteiger partial charge in [-0.25, -0.2) is 4.98 Å². The van der Waals surface area contributed by atoms with Crippen LogP contribution in [0.5, 0.6) is 0 Å². The smallest absolute Gasteiger partial charge is 0.117 e. The molecule has 0 bridgehead atoms. The molecule has 1 saturated heterocycles. The first kappa shape index (κ1) is 7.80. The highest BCUT2D eigenvalue weighted by Gasteiger charge is 2.38. The fourth-order valence-corrected chi connectivity index (χ4v) is 1.38. The highest BCUT2D eigenvalue weighted by atomic mass is 16.5. The van der Waals surface area contributed by atoms with Gasteiger partial charge in [-0.3, -0.25) is 0 Å². The van der Waals surface area contributed by atoms with Gasteiger partial charge in [-0.15, -0.1) is 0 Å². The Bertz CT molecular complexity index is 280. The van der Waals surface area contributed by atoms with Crippen LogP contribution >= 0.6 is 0 Å². The fourth-order valence-electron chi connectivity index (χ4n) is 1.38. The van der Waals surface area contributed by atoms with Crippen molar-refractivity contribution in [1.82, 2.24) is 9.97 Å². The van der Waals surface area contributed by atoms with Crippen LogP contribution in [0.25, 0.3) is 0 Å². The van der Waals surface area contributed by atoms with E-state index < -0.39 is 0 Å². The lowest BCUT2D eigenvalue weighted by Crippen LogP contribution is -2.44. The number of aryl methyl sites for hydroxylation is 2. The molecule has 66 valence electrons. The molecule has 0 amide bonds. The molecule has 0 atom stereocenters. The van der Waals surface area contributed by atoms with Gasteiger partial charge in [-0.1, -0.05) is 0 Å². The van der Waals surface area contributed by atoms with E-state index in [1.165, 1.54) is 0 Å². The van der Waals surface area contributed by atoms with Gasteiger partial charge in [-0.05, 0) is 20.8 Å². The Morgan fingerprint density at radius 3 is 2.42 bits per heavy atom. The van der Waals surface area contributed by atoms with E-state index in [0.717, 1.165) is 30.4 Å².